The Morgan fingerprint density at radius 2 is 2.15 bits per heavy atom. The molecule has 0 aromatic heterocycles. The summed E-state index contributed by atoms with van der Waals surface area (Å²) in [6.45, 7) is 9.99. The fraction of sp³-hybridized carbons (Fsp3) is 0.938. The van der Waals surface area contributed by atoms with Gasteiger partial charge in [0.25, 0.3) is 0 Å². The van der Waals surface area contributed by atoms with E-state index in [1.165, 1.54) is 38.8 Å². The van der Waals surface area contributed by atoms with Crippen molar-refractivity contribution >= 4 is 5.97 Å². The summed E-state index contributed by atoms with van der Waals surface area (Å²) < 4.78 is 5.28. The molecule has 116 valence electrons. The Morgan fingerprint density at radius 3 is 2.75 bits per heavy atom. The van der Waals surface area contributed by atoms with E-state index in [1.807, 2.05) is 13.8 Å². The Hall–Kier alpha value is -0.610. The number of piperidine rings is 1. The van der Waals surface area contributed by atoms with E-state index in [2.05, 4.69) is 17.1 Å². The van der Waals surface area contributed by atoms with Crippen LogP contribution in [0.3, 0.4) is 0 Å². The number of rotatable bonds is 7. The van der Waals surface area contributed by atoms with Crippen LogP contribution in [-0.2, 0) is 9.53 Å². The summed E-state index contributed by atoms with van der Waals surface area (Å²) in [4.78, 5) is 14.8. The average molecular weight is 282 g/mol. The monoisotopic (exact) mass is 282 g/mol. The van der Waals surface area contributed by atoms with Crippen LogP contribution in [0.5, 0.6) is 0 Å². The zero-order valence-corrected chi connectivity index (χ0v) is 13.3. The molecule has 2 unspecified atom stereocenters. The first-order valence-electron chi connectivity index (χ1n) is 8.21. The molecular formula is C16H30N2O2. The number of carbonyl (C=O) groups excluding carboxylic acids is 1. The first-order chi connectivity index (χ1) is 9.53. The molecule has 0 bridgehead atoms. The van der Waals surface area contributed by atoms with Gasteiger partial charge in [-0.3, -0.25) is 10.1 Å². The molecule has 0 radical (unpaired) electrons. The van der Waals surface area contributed by atoms with Crippen LogP contribution in [0.1, 0.15) is 52.9 Å². The molecule has 0 amide bonds. The zero-order valence-electron chi connectivity index (χ0n) is 13.3. The Balaban J connectivity index is 1.87. The second-order valence-corrected chi connectivity index (χ2v) is 6.77. The molecule has 0 aromatic rings. The van der Waals surface area contributed by atoms with Crippen molar-refractivity contribution in [3.8, 4) is 0 Å². The van der Waals surface area contributed by atoms with E-state index in [4.69, 9.17) is 4.74 Å². The van der Waals surface area contributed by atoms with Crippen molar-refractivity contribution in [3.63, 3.8) is 0 Å². The fourth-order valence-electron chi connectivity index (χ4n) is 3.07. The Labute approximate surface area is 123 Å². The molecule has 1 N–H and O–H groups in total. The minimum absolute atomic E-state index is 0.0862. The van der Waals surface area contributed by atoms with E-state index in [0.29, 0.717) is 12.6 Å². The molecule has 1 saturated carbocycles. The standard InChI is InChI=1S/C16H30N2O2/c1-4-20-15(19)16(3,17-14-7-8-14)9-11-18-10-5-6-13(2)12-18/h13-14,17H,4-12H2,1-3H3. The van der Waals surface area contributed by atoms with Gasteiger partial charge >= 0.3 is 5.97 Å². The van der Waals surface area contributed by atoms with Crippen molar-refractivity contribution in [2.45, 2.75) is 64.5 Å². The Bertz CT molecular complexity index is 330. The van der Waals surface area contributed by atoms with Gasteiger partial charge in [-0.15, -0.1) is 0 Å². The molecule has 1 aliphatic carbocycles. The molecule has 4 heteroatoms. The largest absolute Gasteiger partial charge is 0.465 e. The van der Waals surface area contributed by atoms with Crippen LogP contribution in [0.15, 0.2) is 0 Å². The number of nitrogens with one attached hydrogen (secondary N) is 1. The molecule has 4 nitrogen and oxygen atoms in total. The fourth-order valence-corrected chi connectivity index (χ4v) is 3.07. The molecule has 2 atom stereocenters. The third-order valence-corrected chi connectivity index (χ3v) is 4.50. The van der Waals surface area contributed by atoms with Gasteiger partial charge in [-0.1, -0.05) is 6.92 Å². The van der Waals surface area contributed by atoms with Crippen LogP contribution in [0, 0.1) is 5.92 Å². The Kier molecular flexibility index (Phi) is 5.44. The number of carbonyl (C=O) groups is 1. The predicted octanol–water partition coefficient (Wildman–Crippen LogP) is 2.18. The van der Waals surface area contributed by atoms with Gasteiger partial charge in [0.15, 0.2) is 0 Å². The lowest BCUT2D eigenvalue weighted by Gasteiger charge is -2.35. The summed E-state index contributed by atoms with van der Waals surface area (Å²) >= 11 is 0. The highest BCUT2D eigenvalue weighted by Gasteiger charge is 2.39. The summed E-state index contributed by atoms with van der Waals surface area (Å²) in [5.74, 6) is 0.700. The third kappa shape index (κ3) is 4.45. The highest BCUT2D eigenvalue weighted by Crippen LogP contribution is 2.26. The minimum atomic E-state index is -0.516. The molecule has 1 aliphatic heterocycles. The quantitative estimate of drug-likeness (QED) is 0.727. The first kappa shape index (κ1) is 15.8. The maximum absolute atomic E-state index is 12.3. The summed E-state index contributed by atoms with van der Waals surface area (Å²) in [5, 5.41) is 3.50. The van der Waals surface area contributed by atoms with Crippen molar-refractivity contribution in [1.29, 1.82) is 0 Å². The number of hydrogen-bond acceptors (Lipinski definition) is 4. The highest BCUT2D eigenvalue weighted by atomic mass is 16.5. The van der Waals surface area contributed by atoms with Crippen LogP contribution in [-0.4, -0.2) is 48.7 Å². The summed E-state index contributed by atoms with van der Waals surface area (Å²) in [6, 6.07) is 0.518. The van der Waals surface area contributed by atoms with E-state index < -0.39 is 5.54 Å². The number of esters is 1. The Morgan fingerprint density at radius 1 is 1.40 bits per heavy atom. The molecule has 1 heterocycles. The van der Waals surface area contributed by atoms with Gasteiger partial charge in [0, 0.05) is 19.1 Å². The maximum atomic E-state index is 12.3. The third-order valence-electron chi connectivity index (χ3n) is 4.50. The van der Waals surface area contributed by atoms with E-state index >= 15 is 0 Å². The first-order valence-corrected chi connectivity index (χ1v) is 8.21. The van der Waals surface area contributed by atoms with Gasteiger partial charge in [0.2, 0.25) is 0 Å². The van der Waals surface area contributed by atoms with E-state index in [1.54, 1.807) is 0 Å². The summed E-state index contributed by atoms with van der Waals surface area (Å²) in [7, 11) is 0. The van der Waals surface area contributed by atoms with Crippen LogP contribution in [0.25, 0.3) is 0 Å². The number of nitrogens with zero attached hydrogens (tertiary/aromatic N) is 1. The lowest BCUT2D eigenvalue weighted by atomic mass is 9.95. The van der Waals surface area contributed by atoms with Crippen molar-refractivity contribution in [2.75, 3.05) is 26.2 Å². The van der Waals surface area contributed by atoms with Gasteiger partial charge < -0.3 is 9.64 Å². The van der Waals surface area contributed by atoms with E-state index in [-0.39, 0.29) is 5.97 Å². The van der Waals surface area contributed by atoms with E-state index in [0.717, 1.165) is 18.9 Å². The second-order valence-electron chi connectivity index (χ2n) is 6.77. The number of likely N-dealkylation sites (tertiary alicyclic amines) is 1. The van der Waals surface area contributed by atoms with Gasteiger partial charge in [-0.05, 0) is 58.4 Å². The lowest BCUT2D eigenvalue weighted by molar-refractivity contribution is -0.151. The highest BCUT2D eigenvalue weighted by molar-refractivity contribution is 5.80. The van der Waals surface area contributed by atoms with Crippen LogP contribution >= 0.6 is 0 Å². The minimum Gasteiger partial charge on any atom is -0.465 e. The SMILES string of the molecule is CCOC(=O)C(C)(CCN1CCCC(C)C1)NC1CC1. The molecular weight excluding hydrogens is 252 g/mol. The molecule has 0 aromatic carbocycles. The molecule has 20 heavy (non-hydrogen) atoms. The summed E-state index contributed by atoms with van der Waals surface area (Å²) in [5.41, 5.74) is -0.516. The molecule has 0 spiro atoms. The second kappa shape index (κ2) is 6.90. The van der Waals surface area contributed by atoms with Crippen LogP contribution in [0.4, 0.5) is 0 Å². The summed E-state index contributed by atoms with van der Waals surface area (Å²) in [6.07, 6.45) is 5.85. The predicted molar refractivity (Wildman–Crippen MR) is 80.7 cm³/mol. The molecule has 2 rings (SSSR count). The van der Waals surface area contributed by atoms with Gasteiger partial charge in [0.05, 0.1) is 6.61 Å². The van der Waals surface area contributed by atoms with Crippen molar-refractivity contribution in [1.82, 2.24) is 10.2 Å². The molecule has 2 fully saturated rings. The van der Waals surface area contributed by atoms with Gasteiger partial charge in [0.1, 0.15) is 5.54 Å². The van der Waals surface area contributed by atoms with Gasteiger partial charge in [-0.25, -0.2) is 0 Å². The van der Waals surface area contributed by atoms with Crippen LogP contribution < -0.4 is 5.32 Å². The zero-order chi connectivity index (χ0) is 14.6. The maximum Gasteiger partial charge on any atom is 0.326 e. The van der Waals surface area contributed by atoms with Crippen molar-refractivity contribution in [2.24, 2.45) is 5.92 Å². The smallest absolute Gasteiger partial charge is 0.326 e. The van der Waals surface area contributed by atoms with Gasteiger partial charge in [-0.2, -0.15) is 0 Å². The molecule has 1 saturated heterocycles. The number of hydrogen-bond donors (Lipinski definition) is 1. The van der Waals surface area contributed by atoms with E-state index in [9.17, 15) is 4.79 Å². The lowest BCUT2D eigenvalue weighted by Crippen LogP contribution is -2.53. The topological polar surface area (TPSA) is 41.6 Å². The van der Waals surface area contributed by atoms with Crippen molar-refractivity contribution in [3.05, 3.63) is 0 Å². The average Bonchev–Trinajstić information content (AvgIpc) is 3.21. The van der Waals surface area contributed by atoms with Crippen LogP contribution in [0.2, 0.25) is 0 Å². The normalized spacial score (nSPS) is 27.1. The molecule has 2 aliphatic rings. The number of ether oxygens (including phenoxy) is 1. The van der Waals surface area contributed by atoms with Crippen molar-refractivity contribution < 1.29 is 9.53 Å².